The zero-order valence-corrected chi connectivity index (χ0v) is 16.1. The number of guanidine groups is 1. The van der Waals surface area contributed by atoms with Crippen LogP contribution in [-0.4, -0.2) is 31.6 Å². The highest BCUT2D eigenvalue weighted by molar-refractivity contribution is 7.11. The normalized spacial score (nSPS) is 14.4. The van der Waals surface area contributed by atoms with Crippen molar-refractivity contribution in [2.45, 2.75) is 39.3 Å². The molecule has 2 N–H and O–H groups in total. The molecule has 0 amide bonds. The maximum absolute atomic E-state index is 4.44. The van der Waals surface area contributed by atoms with Gasteiger partial charge in [-0.2, -0.15) is 0 Å². The van der Waals surface area contributed by atoms with Crippen molar-refractivity contribution < 1.29 is 0 Å². The van der Waals surface area contributed by atoms with Gasteiger partial charge in [-0.3, -0.25) is 4.99 Å². The highest BCUT2D eigenvalue weighted by atomic mass is 32.1. The fourth-order valence-electron chi connectivity index (χ4n) is 3.11. The molecule has 134 valence electrons. The second-order valence-electron chi connectivity index (χ2n) is 6.34. The lowest BCUT2D eigenvalue weighted by atomic mass is 9.99. The summed E-state index contributed by atoms with van der Waals surface area (Å²) in [4.78, 5) is 12.4. The number of aryl methyl sites for hydroxylation is 2. The van der Waals surface area contributed by atoms with Crippen molar-refractivity contribution in [3.8, 4) is 0 Å². The van der Waals surface area contributed by atoms with Gasteiger partial charge in [-0.1, -0.05) is 19.1 Å². The predicted octanol–water partition coefficient (Wildman–Crippen LogP) is 2.95. The minimum Gasteiger partial charge on any atom is -0.374 e. The summed E-state index contributed by atoms with van der Waals surface area (Å²) in [5.74, 6) is 0.808. The van der Waals surface area contributed by atoms with Gasteiger partial charge < -0.3 is 15.5 Å². The summed E-state index contributed by atoms with van der Waals surface area (Å²) >= 11 is 1.75. The lowest BCUT2D eigenvalue weighted by Crippen LogP contribution is -2.36. The minimum absolute atomic E-state index is 0.708. The number of benzene rings is 1. The average molecular weight is 358 g/mol. The van der Waals surface area contributed by atoms with Crippen LogP contribution in [0.25, 0.3) is 0 Å². The molecule has 2 aromatic rings. The summed E-state index contributed by atoms with van der Waals surface area (Å²) in [5.41, 5.74) is 4.11. The molecule has 0 atom stereocenters. The van der Waals surface area contributed by atoms with Crippen LogP contribution in [0.3, 0.4) is 0 Å². The van der Waals surface area contributed by atoms with Crippen LogP contribution < -0.4 is 15.5 Å². The third kappa shape index (κ3) is 4.51. The van der Waals surface area contributed by atoms with Crippen LogP contribution in [0.15, 0.2) is 29.4 Å². The van der Waals surface area contributed by atoms with Crippen LogP contribution in [0, 0.1) is 0 Å². The standard InChI is InChI=1S/C19H27N5S/c1-4-16-12-21-18(25-16)13-23-19(20-2)22-11-14-7-8-17-15(10-14)6-5-9-24(17)3/h7-8,10,12H,4-6,9,11,13H2,1-3H3,(H2,20,22,23). The molecule has 2 heterocycles. The van der Waals surface area contributed by atoms with E-state index in [4.69, 9.17) is 0 Å². The molecule has 1 aromatic carbocycles. The molecular weight excluding hydrogens is 330 g/mol. The number of hydrogen-bond acceptors (Lipinski definition) is 4. The molecule has 25 heavy (non-hydrogen) atoms. The van der Waals surface area contributed by atoms with Gasteiger partial charge in [0.05, 0.1) is 6.54 Å². The van der Waals surface area contributed by atoms with E-state index in [2.05, 4.69) is 57.7 Å². The van der Waals surface area contributed by atoms with Gasteiger partial charge in [0.2, 0.25) is 0 Å². The van der Waals surface area contributed by atoms with E-state index in [1.807, 2.05) is 6.20 Å². The SMILES string of the molecule is CCc1cnc(CNC(=NC)NCc2ccc3c(c2)CCCN3C)s1. The first kappa shape index (κ1) is 17.7. The Labute approximate surface area is 154 Å². The molecule has 0 bridgehead atoms. The van der Waals surface area contributed by atoms with Crippen molar-refractivity contribution in [1.29, 1.82) is 0 Å². The molecule has 3 rings (SSSR count). The number of aromatic nitrogens is 1. The molecule has 1 aliphatic rings. The molecule has 0 unspecified atom stereocenters. The predicted molar refractivity (Wildman–Crippen MR) is 107 cm³/mol. The first-order chi connectivity index (χ1) is 12.2. The molecule has 0 saturated carbocycles. The summed E-state index contributed by atoms with van der Waals surface area (Å²) in [6.07, 6.45) is 5.40. The first-order valence-corrected chi connectivity index (χ1v) is 9.72. The van der Waals surface area contributed by atoms with Crippen molar-refractivity contribution in [3.63, 3.8) is 0 Å². The summed E-state index contributed by atoms with van der Waals surface area (Å²) in [6.45, 7) is 4.78. The Morgan fingerprint density at radius 3 is 2.92 bits per heavy atom. The van der Waals surface area contributed by atoms with Gasteiger partial charge in [0.1, 0.15) is 5.01 Å². The topological polar surface area (TPSA) is 52.6 Å². The maximum atomic E-state index is 4.44. The molecule has 1 aromatic heterocycles. The molecule has 0 aliphatic carbocycles. The van der Waals surface area contributed by atoms with Crippen LogP contribution in [0.5, 0.6) is 0 Å². The van der Waals surface area contributed by atoms with Gasteiger partial charge in [0, 0.05) is 43.9 Å². The third-order valence-corrected chi connectivity index (χ3v) is 5.68. The van der Waals surface area contributed by atoms with Crippen LogP contribution in [-0.2, 0) is 25.9 Å². The van der Waals surface area contributed by atoms with Gasteiger partial charge in [-0.05, 0) is 36.5 Å². The molecule has 0 radical (unpaired) electrons. The number of rotatable bonds is 5. The smallest absolute Gasteiger partial charge is 0.191 e. The quantitative estimate of drug-likeness (QED) is 0.638. The Kier molecular flexibility index (Phi) is 5.91. The first-order valence-electron chi connectivity index (χ1n) is 8.90. The number of thiazole rings is 1. The summed E-state index contributed by atoms with van der Waals surface area (Å²) in [7, 11) is 3.97. The molecule has 5 nitrogen and oxygen atoms in total. The largest absolute Gasteiger partial charge is 0.374 e. The number of fused-ring (bicyclic) bond motifs is 1. The number of anilines is 1. The Hall–Kier alpha value is -2.08. The Morgan fingerprint density at radius 2 is 2.16 bits per heavy atom. The van der Waals surface area contributed by atoms with Gasteiger partial charge in [-0.25, -0.2) is 4.98 Å². The van der Waals surface area contributed by atoms with E-state index in [-0.39, 0.29) is 0 Å². The highest BCUT2D eigenvalue weighted by Gasteiger charge is 2.13. The molecule has 0 saturated heterocycles. The van der Waals surface area contributed by atoms with E-state index < -0.39 is 0 Å². The molecule has 0 spiro atoms. The Morgan fingerprint density at radius 1 is 1.32 bits per heavy atom. The molecule has 6 heteroatoms. The molecule has 0 fully saturated rings. The summed E-state index contributed by atoms with van der Waals surface area (Å²) in [5, 5.41) is 7.83. The Balaban J connectivity index is 1.54. The van der Waals surface area contributed by atoms with Crippen LogP contribution >= 0.6 is 11.3 Å². The average Bonchev–Trinajstić information content (AvgIpc) is 3.10. The van der Waals surface area contributed by atoms with Gasteiger partial charge >= 0.3 is 0 Å². The second-order valence-corrected chi connectivity index (χ2v) is 7.54. The van der Waals surface area contributed by atoms with Crippen LogP contribution in [0.2, 0.25) is 0 Å². The molecular formula is C19H27N5S. The van der Waals surface area contributed by atoms with Crippen LogP contribution in [0.4, 0.5) is 5.69 Å². The Bertz CT molecular complexity index is 737. The number of hydrogen-bond donors (Lipinski definition) is 2. The minimum atomic E-state index is 0.708. The van der Waals surface area contributed by atoms with E-state index in [1.54, 1.807) is 18.4 Å². The van der Waals surface area contributed by atoms with Crippen molar-refractivity contribution in [2.24, 2.45) is 4.99 Å². The van der Waals surface area contributed by atoms with Crippen LogP contribution in [0.1, 0.15) is 34.4 Å². The zero-order valence-electron chi connectivity index (χ0n) is 15.3. The lowest BCUT2D eigenvalue weighted by molar-refractivity contribution is 0.740. The fourth-order valence-corrected chi connectivity index (χ4v) is 3.91. The van der Waals surface area contributed by atoms with Crippen molar-refractivity contribution >= 4 is 23.0 Å². The highest BCUT2D eigenvalue weighted by Crippen LogP contribution is 2.26. The second kappa shape index (κ2) is 8.34. The van der Waals surface area contributed by atoms with Gasteiger partial charge in [0.25, 0.3) is 0 Å². The third-order valence-electron chi connectivity index (χ3n) is 4.54. The van der Waals surface area contributed by atoms with E-state index >= 15 is 0 Å². The van der Waals surface area contributed by atoms with E-state index in [1.165, 1.54) is 34.5 Å². The monoisotopic (exact) mass is 357 g/mol. The maximum Gasteiger partial charge on any atom is 0.191 e. The molecule has 1 aliphatic heterocycles. The lowest BCUT2D eigenvalue weighted by Gasteiger charge is -2.28. The van der Waals surface area contributed by atoms with Gasteiger partial charge in [-0.15, -0.1) is 11.3 Å². The number of nitrogens with zero attached hydrogens (tertiary/aromatic N) is 3. The van der Waals surface area contributed by atoms with E-state index in [9.17, 15) is 0 Å². The van der Waals surface area contributed by atoms with Crippen molar-refractivity contribution in [1.82, 2.24) is 15.6 Å². The van der Waals surface area contributed by atoms with E-state index in [0.717, 1.165) is 30.5 Å². The summed E-state index contributed by atoms with van der Waals surface area (Å²) in [6, 6.07) is 6.76. The van der Waals surface area contributed by atoms with E-state index in [0.29, 0.717) is 6.54 Å². The number of aliphatic imine (C=N–C) groups is 1. The van der Waals surface area contributed by atoms with Crippen molar-refractivity contribution in [2.75, 3.05) is 25.5 Å². The number of nitrogens with one attached hydrogen (secondary N) is 2. The van der Waals surface area contributed by atoms with Gasteiger partial charge in [0.15, 0.2) is 5.96 Å². The fraction of sp³-hybridized carbons (Fsp3) is 0.474. The zero-order chi connectivity index (χ0) is 17.6. The van der Waals surface area contributed by atoms with Crippen molar-refractivity contribution in [3.05, 3.63) is 45.4 Å². The summed E-state index contributed by atoms with van der Waals surface area (Å²) < 4.78 is 0.